The molecule has 0 atom stereocenters. The Morgan fingerprint density at radius 3 is 1.42 bits per heavy atom. The predicted octanol–water partition coefficient (Wildman–Crippen LogP) is 6.12. The number of hydrogen-bond donors (Lipinski definition) is 2. The zero-order valence-electron chi connectivity index (χ0n) is 19.9. The van der Waals surface area contributed by atoms with E-state index in [0.29, 0.717) is 23.3 Å². The van der Waals surface area contributed by atoms with Gasteiger partial charge in [-0.25, -0.2) is 0 Å². The third kappa shape index (κ3) is 7.23. The smallest absolute Gasteiger partial charge is 0.129 e. The summed E-state index contributed by atoms with van der Waals surface area (Å²) in [4.78, 5) is 8.78. The van der Waals surface area contributed by atoms with Crippen LogP contribution in [0, 0.1) is 11.8 Å². The van der Waals surface area contributed by atoms with E-state index in [2.05, 4.69) is 49.8 Å². The number of hydrogen-bond acceptors (Lipinski definition) is 4. The van der Waals surface area contributed by atoms with Crippen LogP contribution in [0.5, 0.6) is 11.5 Å². The average molecular weight is 423 g/mol. The van der Waals surface area contributed by atoms with Gasteiger partial charge in [-0.2, -0.15) is 0 Å². The van der Waals surface area contributed by atoms with Crippen LogP contribution in [-0.2, 0) is 25.7 Å². The van der Waals surface area contributed by atoms with Crippen LogP contribution in [-0.4, -0.2) is 29.3 Å². The molecule has 4 nitrogen and oxygen atoms in total. The molecule has 0 aliphatic carbocycles. The Bertz CT molecular complexity index is 852. The molecule has 0 saturated carbocycles. The molecule has 0 aromatic heterocycles. The molecule has 2 N–H and O–H groups in total. The number of aryl methyl sites for hydroxylation is 2. The number of phenolic OH excluding ortho intramolecular Hbond substituents is 2. The highest BCUT2D eigenvalue weighted by atomic mass is 16.3. The van der Waals surface area contributed by atoms with Gasteiger partial charge in [0.15, 0.2) is 0 Å². The van der Waals surface area contributed by atoms with Gasteiger partial charge in [-0.05, 0) is 71.9 Å². The normalized spacial score (nSPS) is 12.1. The molecular weight excluding hydrogens is 384 g/mol. The fourth-order valence-corrected chi connectivity index (χ4v) is 3.81. The lowest BCUT2D eigenvalue weighted by Crippen LogP contribution is -1.99. The molecular formula is C27H38N2O2. The molecule has 2 aromatic rings. The van der Waals surface area contributed by atoms with Crippen LogP contribution in [0.25, 0.3) is 0 Å². The Balaban J connectivity index is 2.18. The van der Waals surface area contributed by atoms with E-state index >= 15 is 0 Å². The Kier molecular flexibility index (Phi) is 9.29. The number of aromatic hydroxyl groups is 2. The maximum atomic E-state index is 10.5. The van der Waals surface area contributed by atoms with Gasteiger partial charge < -0.3 is 10.2 Å². The zero-order valence-corrected chi connectivity index (χ0v) is 19.9. The predicted molar refractivity (Wildman–Crippen MR) is 132 cm³/mol. The first-order chi connectivity index (χ1) is 14.7. The van der Waals surface area contributed by atoms with Crippen molar-refractivity contribution in [2.45, 2.75) is 67.2 Å². The van der Waals surface area contributed by atoms with Gasteiger partial charge >= 0.3 is 0 Å². The second-order valence-corrected chi connectivity index (χ2v) is 9.05. The van der Waals surface area contributed by atoms with Crippen molar-refractivity contribution in [3.05, 3.63) is 57.6 Å². The van der Waals surface area contributed by atoms with Gasteiger partial charge in [-0.15, -0.1) is 0 Å². The van der Waals surface area contributed by atoms with E-state index in [0.717, 1.165) is 47.9 Å². The molecule has 0 aliphatic heterocycles. The van der Waals surface area contributed by atoms with E-state index in [4.69, 9.17) is 0 Å². The second-order valence-electron chi connectivity index (χ2n) is 9.05. The summed E-state index contributed by atoms with van der Waals surface area (Å²) in [6.07, 6.45) is 6.89. The fraction of sp³-hybridized carbons (Fsp3) is 0.481. The van der Waals surface area contributed by atoms with Crippen LogP contribution < -0.4 is 0 Å². The highest BCUT2D eigenvalue weighted by Gasteiger charge is 2.10. The summed E-state index contributed by atoms with van der Waals surface area (Å²) >= 11 is 0. The maximum absolute atomic E-state index is 10.5. The van der Waals surface area contributed by atoms with E-state index in [1.54, 1.807) is 12.4 Å². The van der Waals surface area contributed by atoms with E-state index in [9.17, 15) is 10.2 Å². The number of phenols is 2. The third-order valence-corrected chi connectivity index (χ3v) is 5.23. The number of nitrogens with zero attached hydrogens (tertiary/aromatic N) is 2. The van der Waals surface area contributed by atoms with Gasteiger partial charge in [-0.3, -0.25) is 9.98 Å². The second kappa shape index (κ2) is 11.7. The molecule has 0 fully saturated rings. The molecule has 0 heterocycles. The van der Waals surface area contributed by atoms with Gasteiger partial charge in [-0.1, -0.05) is 53.7 Å². The molecule has 2 aromatic carbocycles. The molecule has 4 heteroatoms. The highest BCUT2D eigenvalue weighted by Crippen LogP contribution is 2.26. The van der Waals surface area contributed by atoms with Crippen LogP contribution >= 0.6 is 0 Å². The standard InChI is InChI=1S/C27H38N2O2/c1-7-22-11-20(9-18(3)4)13-24(26(22)30)15-28-17-29-16-25-14-21(10-19(5)6)12-23(8-2)27(25)31/h11-16,18-19,30-31H,7-10,17H2,1-6H3. The van der Waals surface area contributed by atoms with Crippen molar-refractivity contribution in [1.29, 1.82) is 0 Å². The summed E-state index contributed by atoms with van der Waals surface area (Å²) in [5, 5.41) is 21.0. The quantitative estimate of drug-likeness (QED) is 0.453. The highest BCUT2D eigenvalue weighted by molar-refractivity contribution is 5.86. The van der Waals surface area contributed by atoms with Crippen LogP contribution in [0.2, 0.25) is 0 Å². The van der Waals surface area contributed by atoms with Gasteiger partial charge in [0.25, 0.3) is 0 Å². The molecule has 0 spiro atoms. The Hall–Kier alpha value is -2.62. The van der Waals surface area contributed by atoms with Crippen molar-refractivity contribution in [1.82, 2.24) is 0 Å². The Morgan fingerprint density at radius 1 is 0.710 bits per heavy atom. The lowest BCUT2D eigenvalue weighted by atomic mass is 9.96. The molecule has 0 aliphatic rings. The topological polar surface area (TPSA) is 65.2 Å². The monoisotopic (exact) mass is 422 g/mol. The van der Waals surface area contributed by atoms with Gasteiger partial charge in [0.2, 0.25) is 0 Å². The lowest BCUT2D eigenvalue weighted by molar-refractivity contribution is 0.467. The van der Waals surface area contributed by atoms with Crippen LogP contribution in [0.3, 0.4) is 0 Å². The summed E-state index contributed by atoms with van der Waals surface area (Å²) in [5.41, 5.74) is 5.80. The van der Waals surface area contributed by atoms with E-state index in [-0.39, 0.29) is 6.67 Å². The SMILES string of the molecule is CCc1cc(CC(C)C)cc(C=NCN=Cc2cc(CC(C)C)cc(CC)c2O)c1O. The number of aliphatic imine (C=N–C) groups is 2. The molecule has 31 heavy (non-hydrogen) atoms. The average Bonchev–Trinajstić information content (AvgIpc) is 2.70. The van der Waals surface area contributed by atoms with Gasteiger partial charge in [0.1, 0.15) is 18.2 Å². The van der Waals surface area contributed by atoms with Gasteiger partial charge in [0, 0.05) is 23.6 Å². The first-order valence-corrected chi connectivity index (χ1v) is 11.4. The van der Waals surface area contributed by atoms with E-state index in [1.165, 1.54) is 11.1 Å². The minimum absolute atomic E-state index is 0.241. The first kappa shape index (κ1) is 24.6. The summed E-state index contributed by atoms with van der Waals surface area (Å²) in [6, 6.07) is 8.19. The molecule has 0 bridgehead atoms. The van der Waals surface area contributed by atoms with Crippen molar-refractivity contribution in [2.75, 3.05) is 6.67 Å². The van der Waals surface area contributed by atoms with Crippen LogP contribution in [0.1, 0.15) is 74.9 Å². The van der Waals surface area contributed by atoms with Crippen molar-refractivity contribution >= 4 is 12.4 Å². The van der Waals surface area contributed by atoms with E-state index in [1.807, 2.05) is 26.0 Å². The van der Waals surface area contributed by atoms with Crippen molar-refractivity contribution in [3.8, 4) is 11.5 Å². The van der Waals surface area contributed by atoms with Crippen molar-refractivity contribution < 1.29 is 10.2 Å². The summed E-state index contributed by atoms with van der Waals surface area (Å²) < 4.78 is 0. The van der Waals surface area contributed by atoms with Gasteiger partial charge in [0.05, 0.1) is 0 Å². The fourth-order valence-electron chi connectivity index (χ4n) is 3.81. The number of benzene rings is 2. The zero-order chi connectivity index (χ0) is 23.0. The summed E-state index contributed by atoms with van der Waals surface area (Å²) in [6.45, 7) is 13.1. The minimum atomic E-state index is 0.241. The summed E-state index contributed by atoms with van der Waals surface area (Å²) in [7, 11) is 0. The largest absolute Gasteiger partial charge is 0.507 e. The molecule has 0 radical (unpaired) electrons. The Labute approximate surface area is 187 Å². The summed E-state index contributed by atoms with van der Waals surface area (Å²) in [5.74, 6) is 1.70. The first-order valence-electron chi connectivity index (χ1n) is 11.4. The molecule has 2 rings (SSSR count). The number of rotatable bonds is 10. The third-order valence-electron chi connectivity index (χ3n) is 5.23. The molecule has 0 amide bonds. The van der Waals surface area contributed by atoms with Crippen molar-refractivity contribution in [3.63, 3.8) is 0 Å². The van der Waals surface area contributed by atoms with Crippen molar-refractivity contribution in [2.24, 2.45) is 21.8 Å². The van der Waals surface area contributed by atoms with Crippen LogP contribution in [0.4, 0.5) is 0 Å². The minimum Gasteiger partial charge on any atom is -0.507 e. The maximum Gasteiger partial charge on any atom is 0.129 e. The Morgan fingerprint density at radius 2 is 1.10 bits per heavy atom. The van der Waals surface area contributed by atoms with Crippen LogP contribution in [0.15, 0.2) is 34.3 Å². The molecule has 0 unspecified atom stereocenters. The molecule has 0 saturated heterocycles. The lowest BCUT2D eigenvalue weighted by Gasteiger charge is -2.11. The molecule has 168 valence electrons. The van der Waals surface area contributed by atoms with E-state index < -0.39 is 0 Å².